The average molecular weight is 500 g/mol. The van der Waals surface area contributed by atoms with Crippen LogP contribution in [0.25, 0.3) is 6.08 Å². The van der Waals surface area contributed by atoms with E-state index in [2.05, 4.69) is 66.9 Å². The number of hydrogen-bond acceptors (Lipinski definition) is 4. The van der Waals surface area contributed by atoms with Gasteiger partial charge in [-0.1, -0.05) is 70.0 Å². The van der Waals surface area contributed by atoms with Gasteiger partial charge in [-0.05, 0) is 23.5 Å². The van der Waals surface area contributed by atoms with Gasteiger partial charge in [-0.2, -0.15) is 0 Å². The van der Waals surface area contributed by atoms with E-state index < -0.39 is 6.10 Å². The van der Waals surface area contributed by atoms with Crippen LogP contribution < -0.4 is 0 Å². The quantitative estimate of drug-likeness (QED) is 0.383. The van der Waals surface area contributed by atoms with Gasteiger partial charge in [0.25, 0.3) is 0 Å². The first-order valence-corrected chi connectivity index (χ1v) is 10.3. The largest absolute Gasteiger partial charge is 0.389 e. The van der Waals surface area contributed by atoms with Crippen molar-refractivity contribution in [2.75, 3.05) is 26.4 Å². The molecule has 1 N–H and O–H groups in total. The average Bonchev–Trinajstić information content (AvgIpc) is 3.11. The molecule has 28 heavy (non-hydrogen) atoms. The van der Waals surface area contributed by atoms with E-state index >= 15 is 0 Å². The summed E-state index contributed by atoms with van der Waals surface area (Å²) in [5.74, 6) is 0.617. The Morgan fingerprint density at radius 1 is 1.14 bits per heavy atom. The second-order valence-corrected chi connectivity index (χ2v) is 7.51. The number of unbranched alkanes of at least 4 members (excludes halogenated alkanes) is 1. The zero-order valence-electron chi connectivity index (χ0n) is 17.4. The maximum Gasteiger partial charge on any atom is 0.0948 e. The fourth-order valence-corrected chi connectivity index (χ4v) is 3.32. The van der Waals surface area contributed by atoms with Gasteiger partial charge in [0.2, 0.25) is 0 Å². The molecule has 1 aliphatic heterocycles. The molecule has 1 heterocycles. The molecule has 0 aliphatic carbocycles. The molecule has 2 unspecified atom stereocenters. The zero-order chi connectivity index (χ0) is 19.5. The van der Waals surface area contributed by atoms with E-state index in [4.69, 9.17) is 4.74 Å². The maximum absolute atomic E-state index is 10.3. The van der Waals surface area contributed by atoms with Crippen molar-refractivity contribution in [3.05, 3.63) is 54.4 Å². The molecule has 0 saturated heterocycles. The summed E-state index contributed by atoms with van der Waals surface area (Å²) in [6.45, 7) is 11.7. The Morgan fingerprint density at radius 3 is 2.50 bits per heavy atom. The fourth-order valence-electron chi connectivity index (χ4n) is 3.32. The highest BCUT2D eigenvalue weighted by Crippen LogP contribution is 2.15. The standard InChI is InChI=1S/C23H36N2O2.HI/c1-4-7-8-21(6-3)17-27-18-23(26)16-25-14-13-24(19-25)15-22-11-9-20(5-2)10-12-22;/h5,9-14,21,23,26H,2,4,6-8,15-19H2,1,3H3;1H. The monoisotopic (exact) mass is 500 g/mol. The molecule has 1 aromatic rings. The summed E-state index contributed by atoms with van der Waals surface area (Å²) in [7, 11) is 0. The molecule has 0 spiro atoms. The smallest absolute Gasteiger partial charge is 0.0948 e. The van der Waals surface area contributed by atoms with Crippen LogP contribution in [0.1, 0.15) is 50.7 Å². The summed E-state index contributed by atoms with van der Waals surface area (Å²) in [4.78, 5) is 4.38. The number of nitrogens with zero attached hydrogens (tertiary/aromatic N) is 2. The van der Waals surface area contributed by atoms with Crippen LogP contribution in [0.5, 0.6) is 0 Å². The molecule has 0 radical (unpaired) electrons. The van der Waals surface area contributed by atoms with Crippen LogP contribution in [0.2, 0.25) is 0 Å². The van der Waals surface area contributed by atoms with Gasteiger partial charge in [-0.25, -0.2) is 0 Å². The van der Waals surface area contributed by atoms with E-state index in [9.17, 15) is 5.11 Å². The summed E-state index contributed by atoms with van der Waals surface area (Å²) in [5, 5.41) is 10.3. The topological polar surface area (TPSA) is 35.9 Å². The van der Waals surface area contributed by atoms with Crippen molar-refractivity contribution >= 4 is 30.1 Å². The number of ether oxygens (including phenoxy) is 1. The molecule has 1 aromatic carbocycles. The molecule has 4 nitrogen and oxygen atoms in total. The van der Waals surface area contributed by atoms with E-state index in [0.29, 0.717) is 19.1 Å². The van der Waals surface area contributed by atoms with E-state index in [1.165, 1.54) is 24.8 Å². The molecule has 0 saturated carbocycles. The molecule has 2 atom stereocenters. The first-order chi connectivity index (χ1) is 13.1. The molecule has 0 bridgehead atoms. The molecule has 0 fully saturated rings. The van der Waals surface area contributed by atoms with E-state index in [1.807, 2.05) is 6.08 Å². The normalized spacial score (nSPS) is 15.4. The van der Waals surface area contributed by atoms with Crippen LogP contribution in [0.15, 0.2) is 43.2 Å². The van der Waals surface area contributed by atoms with Gasteiger partial charge in [0.15, 0.2) is 0 Å². The molecule has 5 heteroatoms. The third-order valence-electron chi connectivity index (χ3n) is 5.11. The summed E-state index contributed by atoms with van der Waals surface area (Å²) < 4.78 is 5.78. The van der Waals surface area contributed by atoms with Gasteiger partial charge in [0.05, 0.1) is 19.4 Å². The van der Waals surface area contributed by atoms with Crippen LogP contribution in [-0.2, 0) is 11.3 Å². The fraction of sp³-hybridized carbons (Fsp3) is 0.565. The minimum atomic E-state index is -0.454. The molecular formula is C23H37IN2O2. The Balaban J connectivity index is 0.00000392. The Morgan fingerprint density at radius 2 is 1.86 bits per heavy atom. The number of aliphatic hydroxyl groups is 1. The second kappa shape index (κ2) is 14.0. The molecule has 1 aliphatic rings. The highest BCUT2D eigenvalue weighted by Gasteiger charge is 2.16. The lowest BCUT2D eigenvalue weighted by Crippen LogP contribution is -2.34. The molecular weight excluding hydrogens is 463 g/mol. The summed E-state index contributed by atoms with van der Waals surface area (Å²) in [6.07, 6.45) is 10.4. The lowest BCUT2D eigenvalue weighted by molar-refractivity contribution is 0.00675. The number of hydrogen-bond donors (Lipinski definition) is 1. The van der Waals surface area contributed by atoms with E-state index in [1.54, 1.807) is 0 Å². The van der Waals surface area contributed by atoms with Crippen molar-refractivity contribution in [3.8, 4) is 0 Å². The number of benzene rings is 1. The van der Waals surface area contributed by atoms with Crippen molar-refractivity contribution in [2.45, 2.75) is 52.2 Å². The van der Waals surface area contributed by atoms with Gasteiger partial charge >= 0.3 is 0 Å². The Hall–Kier alpha value is -1.05. The molecule has 158 valence electrons. The predicted octanol–water partition coefficient (Wildman–Crippen LogP) is 5.09. The van der Waals surface area contributed by atoms with Gasteiger partial charge in [-0.15, -0.1) is 24.0 Å². The SMILES string of the molecule is C=Cc1ccc(CN2C=CN(CC(O)COCC(CC)CCCC)C2)cc1.I. The Kier molecular flexibility index (Phi) is 12.5. The minimum absolute atomic E-state index is 0. The highest BCUT2D eigenvalue weighted by atomic mass is 127. The first kappa shape index (κ1) is 25.0. The van der Waals surface area contributed by atoms with Gasteiger partial charge in [0, 0.05) is 32.1 Å². The van der Waals surface area contributed by atoms with Crippen molar-refractivity contribution in [1.29, 1.82) is 0 Å². The van der Waals surface area contributed by atoms with Crippen LogP contribution in [0.3, 0.4) is 0 Å². The second-order valence-electron chi connectivity index (χ2n) is 7.51. The number of rotatable bonds is 13. The van der Waals surface area contributed by atoms with Gasteiger partial charge < -0.3 is 19.6 Å². The summed E-state index contributed by atoms with van der Waals surface area (Å²) >= 11 is 0. The number of aliphatic hydroxyl groups excluding tert-OH is 1. The van der Waals surface area contributed by atoms with Crippen molar-refractivity contribution in [1.82, 2.24) is 9.80 Å². The first-order valence-electron chi connectivity index (χ1n) is 10.3. The van der Waals surface area contributed by atoms with Crippen molar-refractivity contribution < 1.29 is 9.84 Å². The van der Waals surface area contributed by atoms with E-state index in [-0.39, 0.29) is 24.0 Å². The Labute approximate surface area is 188 Å². The van der Waals surface area contributed by atoms with Gasteiger partial charge in [-0.3, -0.25) is 0 Å². The molecule has 0 amide bonds. The maximum atomic E-state index is 10.3. The third kappa shape index (κ3) is 8.97. The van der Waals surface area contributed by atoms with Crippen LogP contribution in [0, 0.1) is 5.92 Å². The van der Waals surface area contributed by atoms with Crippen LogP contribution >= 0.6 is 24.0 Å². The highest BCUT2D eigenvalue weighted by molar-refractivity contribution is 14.0. The Bertz CT molecular complexity index is 576. The number of β-amino-alcohol motifs (C(OH)–C–C–N with tert-alkyl or cyclic N) is 1. The van der Waals surface area contributed by atoms with Crippen LogP contribution in [-0.4, -0.2) is 47.4 Å². The predicted molar refractivity (Wildman–Crippen MR) is 128 cm³/mol. The lowest BCUT2D eigenvalue weighted by Gasteiger charge is -2.24. The van der Waals surface area contributed by atoms with Crippen LogP contribution in [0.4, 0.5) is 0 Å². The molecule has 0 aromatic heterocycles. The third-order valence-corrected chi connectivity index (χ3v) is 5.11. The lowest BCUT2D eigenvalue weighted by atomic mass is 10.0. The number of halogens is 1. The molecule has 2 rings (SSSR count). The van der Waals surface area contributed by atoms with Gasteiger partial charge in [0.1, 0.15) is 0 Å². The summed E-state index contributed by atoms with van der Waals surface area (Å²) in [6, 6.07) is 8.45. The van der Waals surface area contributed by atoms with E-state index in [0.717, 1.165) is 31.8 Å². The van der Waals surface area contributed by atoms with Crippen molar-refractivity contribution in [3.63, 3.8) is 0 Å². The zero-order valence-corrected chi connectivity index (χ0v) is 19.8. The summed E-state index contributed by atoms with van der Waals surface area (Å²) in [5.41, 5.74) is 2.41. The minimum Gasteiger partial charge on any atom is -0.389 e. The van der Waals surface area contributed by atoms with Crippen molar-refractivity contribution in [2.24, 2.45) is 5.92 Å².